The lowest BCUT2D eigenvalue weighted by atomic mass is 10.1. The van der Waals surface area contributed by atoms with Crippen LogP contribution in [0.25, 0.3) is 11.3 Å². The summed E-state index contributed by atoms with van der Waals surface area (Å²) in [7, 11) is 1.84. The quantitative estimate of drug-likeness (QED) is 0.528. The summed E-state index contributed by atoms with van der Waals surface area (Å²) in [4.78, 5) is 21.0. The molecule has 0 saturated carbocycles. The van der Waals surface area contributed by atoms with Gasteiger partial charge in [-0.1, -0.05) is 42.5 Å². The molecule has 0 bridgehead atoms. The monoisotopic (exact) mass is 384 g/mol. The van der Waals surface area contributed by atoms with Crippen molar-refractivity contribution < 1.29 is 4.79 Å². The lowest BCUT2D eigenvalue weighted by Gasteiger charge is -2.08. The number of nitrogens with zero attached hydrogens (tertiary/aromatic N) is 4. The average molecular weight is 384 g/mol. The van der Waals surface area contributed by atoms with Gasteiger partial charge in [0, 0.05) is 30.6 Å². The van der Waals surface area contributed by atoms with Crippen LogP contribution in [0.4, 0.5) is 17.5 Å². The fraction of sp³-hybridized carbons (Fsp3) is 0.0909. The number of amides is 1. The van der Waals surface area contributed by atoms with Gasteiger partial charge >= 0.3 is 0 Å². The number of anilines is 3. The number of hydrogen-bond donors (Lipinski definition) is 2. The summed E-state index contributed by atoms with van der Waals surface area (Å²) in [6, 6.07) is 21.0. The molecule has 7 nitrogen and oxygen atoms in total. The van der Waals surface area contributed by atoms with Gasteiger partial charge in [-0.15, -0.1) is 0 Å². The molecule has 7 heteroatoms. The first-order valence-corrected chi connectivity index (χ1v) is 9.20. The van der Waals surface area contributed by atoms with E-state index in [-0.39, 0.29) is 5.91 Å². The van der Waals surface area contributed by atoms with Crippen LogP contribution in [0, 0.1) is 0 Å². The van der Waals surface area contributed by atoms with Gasteiger partial charge in [0.25, 0.3) is 0 Å². The highest BCUT2D eigenvalue weighted by atomic mass is 16.1. The molecule has 0 atom stereocenters. The summed E-state index contributed by atoms with van der Waals surface area (Å²) in [5, 5.41) is 10.2. The average Bonchev–Trinajstić information content (AvgIpc) is 3.14. The van der Waals surface area contributed by atoms with Crippen LogP contribution in [0.15, 0.2) is 79.1 Å². The zero-order chi connectivity index (χ0) is 20.1. The van der Waals surface area contributed by atoms with E-state index in [1.54, 1.807) is 17.1 Å². The highest BCUT2D eigenvalue weighted by Gasteiger charge is 2.07. The number of nitrogens with one attached hydrogen (secondary N) is 2. The van der Waals surface area contributed by atoms with Gasteiger partial charge in [-0.25, -0.2) is 9.97 Å². The molecule has 2 aromatic carbocycles. The number of hydrogen-bond acceptors (Lipinski definition) is 5. The molecule has 29 heavy (non-hydrogen) atoms. The second-order valence-electron chi connectivity index (χ2n) is 6.52. The summed E-state index contributed by atoms with van der Waals surface area (Å²) in [5.74, 6) is 1.25. The normalized spacial score (nSPS) is 10.5. The Morgan fingerprint density at radius 3 is 2.48 bits per heavy atom. The SMILES string of the molecule is Cn1nccc1Nc1nccc(-c2ccc(NC(=O)Cc3ccccc3)cc2)n1. The topological polar surface area (TPSA) is 84.7 Å². The van der Waals surface area contributed by atoms with E-state index in [0.29, 0.717) is 12.4 Å². The highest BCUT2D eigenvalue weighted by Crippen LogP contribution is 2.21. The van der Waals surface area contributed by atoms with Crippen molar-refractivity contribution in [2.75, 3.05) is 10.6 Å². The largest absolute Gasteiger partial charge is 0.326 e. The van der Waals surface area contributed by atoms with E-state index < -0.39 is 0 Å². The molecule has 2 aromatic heterocycles. The number of aromatic nitrogens is 4. The lowest BCUT2D eigenvalue weighted by molar-refractivity contribution is -0.115. The van der Waals surface area contributed by atoms with Crippen molar-refractivity contribution in [2.45, 2.75) is 6.42 Å². The zero-order valence-corrected chi connectivity index (χ0v) is 15.9. The van der Waals surface area contributed by atoms with Gasteiger partial charge in [-0.2, -0.15) is 5.10 Å². The smallest absolute Gasteiger partial charge is 0.228 e. The molecule has 4 aromatic rings. The Balaban J connectivity index is 1.43. The summed E-state index contributed by atoms with van der Waals surface area (Å²) in [6.07, 6.45) is 3.76. The maximum atomic E-state index is 12.2. The fourth-order valence-electron chi connectivity index (χ4n) is 2.90. The molecule has 0 aliphatic rings. The van der Waals surface area contributed by atoms with Crippen LogP contribution in [-0.2, 0) is 18.3 Å². The molecule has 0 spiro atoms. The maximum Gasteiger partial charge on any atom is 0.228 e. The number of carbonyl (C=O) groups excluding carboxylic acids is 1. The summed E-state index contributed by atoms with van der Waals surface area (Å²) in [6.45, 7) is 0. The van der Waals surface area contributed by atoms with Crippen molar-refractivity contribution in [3.8, 4) is 11.3 Å². The molecule has 0 fully saturated rings. The summed E-state index contributed by atoms with van der Waals surface area (Å²) in [5.41, 5.74) is 3.45. The van der Waals surface area contributed by atoms with Crippen molar-refractivity contribution in [2.24, 2.45) is 7.05 Å². The second kappa shape index (κ2) is 8.35. The van der Waals surface area contributed by atoms with Crippen molar-refractivity contribution in [1.82, 2.24) is 19.7 Å². The van der Waals surface area contributed by atoms with Crippen LogP contribution in [-0.4, -0.2) is 25.7 Å². The predicted octanol–water partition coefficient (Wildman–Crippen LogP) is 3.80. The first-order chi connectivity index (χ1) is 14.2. The van der Waals surface area contributed by atoms with Crippen LogP contribution in [0.1, 0.15) is 5.56 Å². The van der Waals surface area contributed by atoms with E-state index in [1.165, 1.54) is 0 Å². The Hall–Kier alpha value is -4.00. The molecule has 0 saturated heterocycles. The van der Waals surface area contributed by atoms with Crippen molar-refractivity contribution >= 4 is 23.4 Å². The van der Waals surface area contributed by atoms with Crippen LogP contribution in [0.3, 0.4) is 0 Å². The molecular formula is C22H20N6O. The third-order valence-electron chi connectivity index (χ3n) is 4.39. The molecule has 2 N–H and O–H groups in total. The molecule has 4 rings (SSSR count). The summed E-state index contributed by atoms with van der Waals surface area (Å²) < 4.78 is 1.71. The van der Waals surface area contributed by atoms with Gasteiger partial charge in [0.15, 0.2) is 0 Å². The minimum Gasteiger partial charge on any atom is -0.326 e. The molecule has 144 valence electrons. The third-order valence-corrected chi connectivity index (χ3v) is 4.39. The highest BCUT2D eigenvalue weighted by molar-refractivity contribution is 5.92. The molecule has 0 aliphatic carbocycles. The minimum absolute atomic E-state index is 0.0475. The van der Waals surface area contributed by atoms with Gasteiger partial charge in [0.05, 0.1) is 18.3 Å². The fourth-order valence-corrected chi connectivity index (χ4v) is 2.90. The van der Waals surface area contributed by atoms with Crippen LogP contribution in [0.2, 0.25) is 0 Å². The van der Waals surface area contributed by atoms with Crippen molar-refractivity contribution in [3.63, 3.8) is 0 Å². The predicted molar refractivity (Wildman–Crippen MR) is 113 cm³/mol. The molecular weight excluding hydrogens is 364 g/mol. The molecule has 1 amide bonds. The summed E-state index contributed by atoms with van der Waals surface area (Å²) >= 11 is 0. The molecule has 0 radical (unpaired) electrons. The maximum absolute atomic E-state index is 12.2. The second-order valence-corrected chi connectivity index (χ2v) is 6.52. The molecule has 0 aliphatic heterocycles. The van der Waals surface area contributed by atoms with E-state index in [1.807, 2.05) is 73.8 Å². The van der Waals surface area contributed by atoms with Crippen molar-refractivity contribution in [1.29, 1.82) is 0 Å². The Labute approximate surface area is 168 Å². The van der Waals surface area contributed by atoms with Crippen molar-refractivity contribution in [3.05, 3.63) is 84.7 Å². The number of carbonyl (C=O) groups is 1. The van der Waals surface area contributed by atoms with Gasteiger partial charge < -0.3 is 10.6 Å². The zero-order valence-electron chi connectivity index (χ0n) is 15.9. The standard InChI is InChI=1S/C22H20N6O/c1-28-20(12-14-24-28)27-22-23-13-11-19(26-22)17-7-9-18(10-8-17)25-21(29)15-16-5-3-2-4-6-16/h2-14H,15H2,1H3,(H,25,29)(H,23,26,27). The molecule has 2 heterocycles. The van der Waals surface area contributed by atoms with Crippen LogP contribution in [0.5, 0.6) is 0 Å². The van der Waals surface area contributed by atoms with E-state index in [0.717, 1.165) is 28.3 Å². The first-order valence-electron chi connectivity index (χ1n) is 9.20. The van der Waals surface area contributed by atoms with E-state index >= 15 is 0 Å². The molecule has 0 unspecified atom stereocenters. The van der Waals surface area contributed by atoms with Crippen LogP contribution < -0.4 is 10.6 Å². The van der Waals surface area contributed by atoms with Gasteiger partial charge in [0.1, 0.15) is 5.82 Å². The van der Waals surface area contributed by atoms with Gasteiger partial charge in [-0.3, -0.25) is 9.48 Å². The Kier molecular flexibility index (Phi) is 5.29. The Morgan fingerprint density at radius 1 is 0.966 bits per heavy atom. The van der Waals surface area contributed by atoms with E-state index in [9.17, 15) is 4.79 Å². The van der Waals surface area contributed by atoms with Gasteiger partial charge in [-0.05, 0) is 23.8 Å². The van der Waals surface area contributed by atoms with E-state index in [4.69, 9.17) is 0 Å². The number of benzene rings is 2. The minimum atomic E-state index is -0.0475. The third kappa shape index (κ3) is 4.65. The Bertz CT molecular complexity index is 1110. The first kappa shape index (κ1) is 18.4. The van der Waals surface area contributed by atoms with Crippen LogP contribution >= 0.6 is 0 Å². The van der Waals surface area contributed by atoms with E-state index in [2.05, 4.69) is 25.7 Å². The number of rotatable bonds is 6. The Morgan fingerprint density at radius 2 is 1.76 bits per heavy atom. The lowest BCUT2D eigenvalue weighted by Crippen LogP contribution is -2.14. The number of aryl methyl sites for hydroxylation is 1. The van der Waals surface area contributed by atoms with Gasteiger partial charge in [0.2, 0.25) is 11.9 Å².